The Hall–Kier alpha value is -3.41. The number of nitrogens with zero attached hydrogens (tertiary/aromatic N) is 2. The van der Waals surface area contributed by atoms with Gasteiger partial charge in [0.25, 0.3) is 0 Å². The van der Waals surface area contributed by atoms with Gasteiger partial charge in [-0.2, -0.15) is 0 Å². The fraction of sp³-hybridized carbons (Fsp3) is 0.227. The molecule has 2 heterocycles. The number of likely N-dealkylation sites (N-methyl/N-ethyl adjacent to an activating group) is 1. The third-order valence-electron chi connectivity index (χ3n) is 5.31. The number of carbonyl (C=O) groups excluding carboxylic acids is 2. The number of benzene rings is 2. The molecule has 0 spiro atoms. The summed E-state index contributed by atoms with van der Waals surface area (Å²) < 4.78 is 0. The van der Waals surface area contributed by atoms with Crippen LogP contribution in [0.25, 0.3) is 0 Å². The number of nitrogens with one attached hydrogen (secondary N) is 2. The Labute approximate surface area is 163 Å². The van der Waals surface area contributed by atoms with Crippen molar-refractivity contribution in [3.63, 3.8) is 0 Å². The smallest absolute Gasteiger partial charge is 0.238 e. The van der Waals surface area contributed by atoms with Gasteiger partial charge in [0.05, 0.1) is 12.0 Å². The molecule has 0 bridgehead atoms. The highest BCUT2D eigenvalue weighted by atomic mass is 16.2. The van der Waals surface area contributed by atoms with E-state index >= 15 is 0 Å². The first-order chi connectivity index (χ1) is 13.6. The van der Waals surface area contributed by atoms with Crippen LogP contribution in [0.3, 0.4) is 0 Å². The molecular weight excluding hydrogens is 352 g/mol. The normalized spacial score (nSPS) is 18.2. The van der Waals surface area contributed by atoms with E-state index in [9.17, 15) is 9.59 Å². The van der Waals surface area contributed by atoms with Crippen molar-refractivity contribution in [2.45, 2.75) is 24.8 Å². The van der Waals surface area contributed by atoms with Crippen molar-refractivity contribution in [1.82, 2.24) is 15.3 Å². The van der Waals surface area contributed by atoms with Crippen LogP contribution < -0.4 is 10.2 Å². The zero-order chi connectivity index (χ0) is 19.6. The molecular formula is C22H22N4O2. The summed E-state index contributed by atoms with van der Waals surface area (Å²) in [6.45, 7) is 0.304. The molecule has 0 unspecified atom stereocenters. The number of amides is 2. The molecule has 1 aromatic heterocycles. The van der Waals surface area contributed by atoms with Gasteiger partial charge in [0.15, 0.2) is 0 Å². The number of imidazole rings is 1. The summed E-state index contributed by atoms with van der Waals surface area (Å²) in [5, 5.41) is 2.89. The predicted octanol–water partition coefficient (Wildman–Crippen LogP) is 2.57. The number of anilines is 1. The second-order valence-electron chi connectivity index (χ2n) is 7.12. The molecule has 28 heavy (non-hydrogen) atoms. The highest BCUT2D eigenvalue weighted by molar-refractivity contribution is 6.09. The zero-order valence-electron chi connectivity index (χ0n) is 15.7. The van der Waals surface area contributed by atoms with Crippen LogP contribution in [0, 0.1) is 0 Å². The molecule has 0 aliphatic carbocycles. The second kappa shape index (κ2) is 7.31. The minimum Gasteiger partial charge on any atom is -0.349 e. The maximum atomic E-state index is 13.4. The molecule has 0 saturated heterocycles. The maximum Gasteiger partial charge on any atom is 0.238 e. The second-order valence-corrected chi connectivity index (χ2v) is 7.12. The summed E-state index contributed by atoms with van der Waals surface area (Å²) in [7, 11) is 1.77. The van der Waals surface area contributed by atoms with Gasteiger partial charge in [-0.1, -0.05) is 48.5 Å². The molecule has 4 rings (SSSR count). The average molecular weight is 374 g/mol. The number of carbonyl (C=O) groups is 2. The van der Waals surface area contributed by atoms with Gasteiger partial charge in [-0.05, 0) is 23.6 Å². The first-order valence-electron chi connectivity index (χ1n) is 9.27. The van der Waals surface area contributed by atoms with Gasteiger partial charge in [0.1, 0.15) is 5.82 Å². The monoisotopic (exact) mass is 374 g/mol. The van der Waals surface area contributed by atoms with Gasteiger partial charge in [-0.15, -0.1) is 0 Å². The van der Waals surface area contributed by atoms with Crippen molar-refractivity contribution in [2.75, 3.05) is 11.9 Å². The summed E-state index contributed by atoms with van der Waals surface area (Å²) >= 11 is 0. The third kappa shape index (κ3) is 3.17. The van der Waals surface area contributed by atoms with Crippen molar-refractivity contribution < 1.29 is 9.59 Å². The predicted molar refractivity (Wildman–Crippen MR) is 107 cm³/mol. The van der Waals surface area contributed by atoms with Crippen molar-refractivity contribution >= 4 is 17.5 Å². The van der Waals surface area contributed by atoms with Gasteiger partial charge in [0, 0.05) is 31.5 Å². The van der Waals surface area contributed by atoms with Crippen LogP contribution in [0.2, 0.25) is 0 Å². The molecule has 2 N–H and O–H groups in total. The summed E-state index contributed by atoms with van der Waals surface area (Å²) in [5.41, 5.74) is 1.88. The number of hydrogen-bond acceptors (Lipinski definition) is 3. The van der Waals surface area contributed by atoms with E-state index < -0.39 is 5.41 Å². The van der Waals surface area contributed by atoms with E-state index in [1.807, 2.05) is 54.6 Å². The van der Waals surface area contributed by atoms with Crippen LogP contribution in [0.4, 0.5) is 5.69 Å². The quantitative estimate of drug-likeness (QED) is 0.696. The highest BCUT2D eigenvalue weighted by Crippen LogP contribution is 2.45. The largest absolute Gasteiger partial charge is 0.349 e. The molecule has 3 aromatic rings. The summed E-state index contributed by atoms with van der Waals surface area (Å²) in [5.74, 6) is 0.456. The zero-order valence-corrected chi connectivity index (χ0v) is 15.7. The molecule has 1 aliphatic heterocycles. The molecule has 0 fully saturated rings. The van der Waals surface area contributed by atoms with Crippen LogP contribution in [0.1, 0.15) is 23.4 Å². The average Bonchev–Trinajstić information content (AvgIpc) is 3.31. The van der Waals surface area contributed by atoms with Crippen molar-refractivity contribution in [3.8, 4) is 0 Å². The number of aromatic amines is 1. The Kier molecular flexibility index (Phi) is 4.69. The number of hydrogen-bond donors (Lipinski definition) is 2. The minimum atomic E-state index is -0.917. The number of para-hydroxylation sites is 1. The molecule has 6 heteroatoms. The Bertz CT molecular complexity index is 985. The third-order valence-corrected chi connectivity index (χ3v) is 5.31. The van der Waals surface area contributed by atoms with Crippen LogP contribution >= 0.6 is 0 Å². The van der Waals surface area contributed by atoms with E-state index in [1.165, 1.54) is 0 Å². The first-order valence-corrected chi connectivity index (χ1v) is 9.27. The van der Waals surface area contributed by atoms with Crippen molar-refractivity contribution in [3.05, 3.63) is 83.9 Å². The molecule has 1 atom stereocenters. The van der Waals surface area contributed by atoms with Gasteiger partial charge >= 0.3 is 0 Å². The number of rotatable bonds is 6. The van der Waals surface area contributed by atoms with E-state index in [2.05, 4.69) is 15.3 Å². The highest BCUT2D eigenvalue weighted by Gasteiger charge is 2.50. The van der Waals surface area contributed by atoms with E-state index in [0.29, 0.717) is 18.8 Å². The topological polar surface area (TPSA) is 78.1 Å². The summed E-state index contributed by atoms with van der Waals surface area (Å²) in [4.78, 5) is 35.0. The van der Waals surface area contributed by atoms with E-state index in [4.69, 9.17) is 0 Å². The molecule has 0 radical (unpaired) electrons. The SMILES string of the molecule is CN1C(=O)[C@](CC(=O)NCc2ncc[nH]2)(Cc2ccccc2)c2ccccc21. The van der Waals surface area contributed by atoms with E-state index in [0.717, 1.165) is 16.8 Å². The molecule has 0 saturated carbocycles. The minimum absolute atomic E-state index is 0.0503. The van der Waals surface area contributed by atoms with Crippen LogP contribution in [0.5, 0.6) is 0 Å². The van der Waals surface area contributed by atoms with Crippen LogP contribution in [0.15, 0.2) is 67.0 Å². The fourth-order valence-electron chi connectivity index (χ4n) is 3.98. The lowest BCUT2D eigenvalue weighted by molar-refractivity contribution is -0.129. The summed E-state index contributed by atoms with van der Waals surface area (Å²) in [6, 6.07) is 17.6. The molecule has 2 amide bonds. The Morgan fingerprint density at radius 2 is 1.89 bits per heavy atom. The first kappa shape index (κ1) is 18.0. The Morgan fingerprint density at radius 1 is 1.14 bits per heavy atom. The van der Waals surface area contributed by atoms with Crippen molar-refractivity contribution in [1.29, 1.82) is 0 Å². The van der Waals surface area contributed by atoms with Gasteiger partial charge in [0.2, 0.25) is 11.8 Å². The van der Waals surface area contributed by atoms with E-state index in [1.54, 1.807) is 24.3 Å². The lowest BCUT2D eigenvalue weighted by atomic mass is 9.73. The standard InChI is InChI=1S/C22H22N4O2/c1-26-18-10-6-5-9-17(18)22(21(26)28,13-16-7-3-2-4-8-16)14-20(27)25-15-19-23-11-12-24-19/h2-12H,13-15H2,1H3,(H,23,24)(H,25,27)/t22-/m0/s1. The molecule has 1 aliphatic rings. The maximum absolute atomic E-state index is 13.4. The van der Waals surface area contributed by atoms with Crippen LogP contribution in [-0.4, -0.2) is 28.8 Å². The number of aromatic nitrogens is 2. The summed E-state index contributed by atoms with van der Waals surface area (Å²) in [6.07, 6.45) is 3.92. The van der Waals surface area contributed by atoms with E-state index in [-0.39, 0.29) is 18.2 Å². The van der Waals surface area contributed by atoms with Gasteiger partial charge in [-0.3, -0.25) is 9.59 Å². The molecule has 2 aromatic carbocycles. The number of H-pyrrole nitrogens is 1. The lowest BCUT2D eigenvalue weighted by Gasteiger charge is -2.28. The number of fused-ring (bicyclic) bond motifs is 1. The lowest BCUT2D eigenvalue weighted by Crippen LogP contribution is -2.44. The molecule has 142 valence electrons. The van der Waals surface area contributed by atoms with Gasteiger partial charge in [-0.25, -0.2) is 4.98 Å². The Morgan fingerprint density at radius 3 is 2.64 bits per heavy atom. The Balaban J connectivity index is 1.66. The van der Waals surface area contributed by atoms with Gasteiger partial charge < -0.3 is 15.2 Å². The molecule has 6 nitrogen and oxygen atoms in total. The van der Waals surface area contributed by atoms with Crippen molar-refractivity contribution in [2.24, 2.45) is 0 Å². The van der Waals surface area contributed by atoms with Crippen LogP contribution in [-0.2, 0) is 28.0 Å². The fourth-order valence-corrected chi connectivity index (χ4v) is 3.98.